The maximum absolute atomic E-state index is 9.15. The van der Waals surface area contributed by atoms with Crippen molar-refractivity contribution in [2.45, 2.75) is 24.8 Å². The van der Waals surface area contributed by atoms with Crippen LogP contribution in [0, 0.1) is 11.3 Å². The van der Waals surface area contributed by atoms with Crippen LogP contribution in [0.1, 0.15) is 24.3 Å². The number of rotatable bonds is 2. The Kier molecular flexibility index (Phi) is 2.81. The number of hydrogen-bond acceptors (Lipinski definition) is 2. The molecule has 1 N–H and O–H groups in total. The zero-order valence-corrected chi connectivity index (χ0v) is 8.11. The van der Waals surface area contributed by atoms with Gasteiger partial charge in [-0.1, -0.05) is 30.3 Å². The monoisotopic (exact) mass is 186 g/mol. The van der Waals surface area contributed by atoms with Crippen molar-refractivity contribution in [2.75, 3.05) is 6.54 Å². The highest BCUT2D eigenvalue weighted by Crippen LogP contribution is 2.24. The van der Waals surface area contributed by atoms with Gasteiger partial charge in [-0.2, -0.15) is 5.26 Å². The Labute approximate surface area is 84.6 Å². The molecule has 0 bridgehead atoms. The lowest BCUT2D eigenvalue weighted by atomic mass is 9.92. The van der Waals surface area contributed by atoms with Gasteiger partial charge in [0.2, 0.25) is 0 Å². The van der Waals surface area contributed by atoms with Crippen LogP contribution in [0.5, 0.6) is 0 Å². The summed E-state index contributed by atoms with van der Waals surface area (Å²) >= 11 is 0. The fourth-order valence-electron chi connectivity index (χ4n) is 2.05. The van der Waals surface area contributed by atoms with Gasteiger partial charge in [-0.3, -0.25) is 0 Å². The summed E-state index contributed by atoms with van der Waals surface area (Å²) in [7, 11) is 0. The van der Waals surface area contributed by atoms with Gasteiger partial charge in [0.25, 0.3) is 0 Å². The van der Waals surface area contributed by atoms with Crippen molar-refractivity contribution in [1.82, 2.24) is 5.32 Å². The van der Waals surface area contributed by atoms with E-state index in [2.05, 4.69) is 11.4 Å². The average Bonchev–Trinajstić information content (AvgIpc) is 2.74. The molecular formula is C12H14N2. The third-order valence-electron chi connectivity index (χ3n) is 2.80. The molecule has 1 heterocycles. The number of nitrogens with zero attached hydrogens (tertiary/aromatic N) is 1. The molecule has 0 aromatic heterocycles. The third-order valence-corrected chi connectivity index (χ3v) is 2.80. The summed E-state index contributed by atoms with van der Waals surface area (Å²) in [6.07, 6.45) is 2.31. The molecule has 14 heavy (non-hydrogen) atoms. The lowest BCUT2D eigenvalue weighted by molar-refractivity contribution is 0.558. The quantitative estimate of drug-likeness (QED) is 0.767. The summed E-state index contributed by atoms with van der Waals surface area (Å²) in [5, 5.41) is 12.5. The molecular weight excluding hydrogens is 172 g/mol. The van der Waals surface area contributed by atoms with Gasteiger partial charge >= 0.3 is 0 Å². The smallest absolute Gasteiger partial charge is 0.0865 e. The Bertz CT molecular complexity index is 320. The molecule has 2 nitrogen and oxygen atoms in total. The summed E-state index contributed by atoms with van der Waals surface area (Å²) in [4.78, 5) is 0. The van der Waals surface area contributed by atoms with Crippen molar-refractivity contribution in [2.24, 2.45) is 0 Å². The molecule has 0 spiro atoms. The van der Waals surface area contributed by atoms with E-state index in [0.29, 0.717) is 6.04 Å². The second-order valence-corrected chi connectivity index (χ2v) is 3.72. The molecule has 1 aromatic rings. The van der Waals surface area contributed by atoms with Crippen molar-refractivity contribution in [1.29, 1.82) is 5.26 Å². The highest BCUT2D eigenvalue weighted by atomic mass is 14.9. The van der Waals surface area contributed by atoms with Crippen molar-refractivity contribution < 1.29 is 0 Å². The minimum absolute atomic E-state index is 0.0127. The van der Waals surface area contributed by atoms with Crippen LogP contribution in [0.25, 0.3) is 0 Å². The molecule has 1 aliphatic heterocycles. The molecule has 1 aliphatic rings. The second-order valence-electron chi connectivity index (χ2n) is 3.72. The fourth-order valence-corrected chi connectivity index (χ4v) is 2.05. The van der Waals surface area contributed by atoms with Crippen molar-refractivity contribution >= 4 is 0 Å². The van der Waals surface area contributed by atoms with Gasteiger partial charge in [0.1, 0.15) is 0 Å². The number of nitriles is 1. The molecule has 1 aromatic carbocycles. The van der Waals surface area contributed by atoms with E-state index in [1.807, 2.05) is 30.3 Å². The van der Waals surface area contributed by atoms with Gasteiger partial charge in [-0.15, -0.1) is 0 Å². The zero-order valence-electron chi connectivity index (χ0n) is 8.11. The first-order chi connectivity index (χ1) is 6.92. The SMILES string of the molecule is N#C[C@H](c1ccccc1)[C@@H]1CCCN1. The molecule has 0 saturated carbocycles. The van der Waals surface area contributed by atoms with Crippen LogP contribution in [0.4, 0.5) is 0 Å². The van der Waals surface area contributed by atoms with E-state index >= 15 is 0 Å². The Morgan fingerprint density at radius 3 is 2.71 bits per heavy atom. The summed E-state index contributed by atoms with van der Waals surface area (Å²) in [5.74, 6) is 0.0127. The normalized spacial score (nSPS) is 22.9. The highest BCUT2D eigenvalue weighted by molar-refractivity contribution is 5.27. The topological polar surface area (TPSA) is 35.8 Å². The Balaban J connectivity index is 2.18. The summed E-state index contributed by atoms with van der Waals surface area (Å²) in [6, 6.07) is 12.8. The molecule has 0 aliphatic carbocycles. The molecule has 0 radical (unpaired) electrons. The van der Waals surface area contributed by atoms with Gasteiger partial charge in [0.15, 0.2) is 0 Å². The van der Waals surface area contributed by atoms with E-state index < -0.39 is 0 Å². The van der Waals surface area contributed by atoms with E-state index in [9.17, 15) is 0 Å². The standard InChI is InChI=1S/C12H14N2/c13-9-11(12-7-4-8-14-12)10-5-2-1-3-6-10/h1-3,5-6,11-12,14H,4,7-8H2/t11-,12+/m1/s1. The van der Waals surface area contributed by atoms with Crippen molar-refractivity contribution in [3.63, 3.8) is 0 Å². The summed E-state index contributed by atoms with van der Waals surface area (Å²) in [5.41, 5.74) is 1.13. The van der Waals surface area contributed by atoms with Gasteiger partial charge in [0, 0.05) is 6.04 Å². The lowest BCUT2D eigenvalue weighted by Crippen LogP contribution is -2.27. The van der Waals surface area contributed by atoms with Crippen LogP contribution in [-0.2, 0) is 0 Å². The van der Waals surface area contributed by atoms with Gasteiger partial charge in [0.05, 0.1) is 12.0 Å². The minimum Gasteiger partial charge on any atom is -0.312 e. The lowest BCUT2D eigenvalue weighted by Gasteiger charge is -2.16. The maximum atomic E-state index is 9.15. The van der Waals surface area contributed by atoms with Crippen LogP contribution in [0.15, 0.2) is 30.3 Å². The first-order valence-corrected chi connectivity index (χ1v) is 5.10. The van der Waals surface area contributed by atoms with E-state index in [1.54, 1.807) is 0 Å². The molecule has 1 fully saturated rings. The largest absolute Gasteiger partial charge is 0.312 e. The van der Waals surface area contributed by atoms with E-state index in [-0.39, 0.29) is 5.92 Å². The van der Waals surface area contributed by atoms with Crippen molar-refractivity contribution in [3.05, 3.63) is 35.9 Å². The Morgan fingerprint density at radius 1 is 1.36 bits per heavy atom. The van der Waals surface area contributed by atoms with Crippen LogP contribution in [-0.4, -0.2) is 12.6 Å². The minimum atomic E-state index is 0.0127. The molecule has 0 unspecified atom stereocenters. The molecule has 2 rings (SSSR count). The first-order valence-electron chi connectivity index (χ1n) is 5.10. The fraction of sp³-hybridized carbons (Fsp3) is 0.417. The van der Waals surface area contributed by atoms with Crippen molar-refractivity contribution in [3.8, 4) is 6.07 Å². The van der Waals surface area contributed by atoms with Gasteiger partial charge in [-0.25, -0.2) is 0 Å². The number of hydrogen-bond donors (Lipinski definition) is 1. The van der Waals surface area contributed by atoms with E-state index in [0.717, 1.165) is 18.5 Å². The molecule has 0 amide bonds. The number of nitrogens with one attached hydrogen (secondary N) is 1. The van der Waals surface area contributed by atoms with Crippen LogP contribution >= 0.6 is 0 Å². The molecule has 72 valence electrons. The third kappa shape index (κ3) is 1.78. The summed E-state index contributed by atoms with van der Waals surface area (Å²) < 4.78 is 0. The maximum Gasteiger partial charge on any atom is 0.0865 e. The average molecular weight is 186 g/mol. The van der Waals surface area contributed by atoms with Gasteiger partial charge in [-0.05, 0) is 24.9 Å². The molecule has 2 atom stereocenters. The van der Waals surface area contributed by atoms with E-state index in [1.165, 1.54) is 6.42 Å². The predicted octanol–water partition coefficient (Wildman–Crippen LogP) is 2.05. The Morgan fingerprint density at radius 2 is 2.14 bits per heavy atom. The van der Waals surface area contributed by atoms with E-state index in [4.69, 9.17) is 5.26 Å². The molecule has 1 saturated heterocycles. The summed E-state index contributed by atoms with van der Waals surface area (Å²) in [6.45, 7) is 1.05. The van der Waals surface area contributed by atoms with Gasteiger partial charge < -0.3 is 5.32 Å². The second kappa shape index (κ2) is 4.26. The number of benzene rings is 1. The highest BCUT2D eigenvalue weighted by Gasteiger charge is 2.25. The van der Waals surface area contributed by atoms with Crippen LogP contribution < -0.4 is 5.32 Å². The predicted molar refractivity (Wildman–Crippen MR) is 55.8 cm³/mol. The molecule has 2 heteroatoms. The Hall–Kier alpha value is -1.33. The van der Waals surface area contributed by atoms with Crippen LogP contribution in [0.3, 0.4) is 0 Å². The first kappa shape index (κ1) is 9.23. The zero-order chi connectivity index (χ0) is 9.80. The van der Waals surface area contributed by atoms with Crippen LogP contribution in [0.2, 0.25) is 0 Å².